The molecule has 0 aromatic heterocycles. The first-order chi connectivity index (χ1) is 6.51. The minimum atomic E-state index is -3.41. The quantitative estimate of drug-likeness (QED) is 0.826. The molecule has 0 radical (unpaired) electrons. The van der Waals surface area contributed by atoms with Crippen molar-refractivity contribution in [1.82, 2.24) is 0 Å². The molecule has 0 aliphatic rings. The highest BCUT2D eigenvalue weighted by Gasteiger charge is 2.33. The molecule has 0 fully saturated rings. The van der Waals surface area contributed by atoms with E-state index in [1.165, 1.54) is 12.1 Å². The summed E-state index contributed by atoms with van der Waals surface area (Å²) in [6.07, 6.45) is 0. The van der Waals surface area contributed by atoms with Crippen LogP contribution in [0.15, 0.2) is 18.2 Å². The van der Waals surface area contributed by atoms with Gasteiger partial charge in [0.2, 0.25) is 0 Å². The van der Waals surface area contributed by atoms with E-state index in [0.717, 1.165) is 6.07 Å². The van der Waals surface area contributed by atoms with Gasteiger partial charge < -0.3 is 5.11 Å². The van der Waals surface area contributed by atoms with Gasteiger partial charge in [0.1, 0.15) is 6.61 Å². The van der Waals surface area contributed by atoms with E-state index in [1.54, 1.807) is 6.07 Å². The first-order valence-electron chi connectivity index (χ1n) is 3.70. The zero-order valence-electron chi connectivity index (χ0n) is 6.97. The fourth-order valence-electron chi connectivity index (χ4n) is 0.960. The van der Waals surface area contributed by atoms with E-state index in [1.807, 2.05) is 0 Å². The number of nitrogens with zero attached hydrogens (tertiary/aromatic N) is 1. The zero-order valence-corrected chi connectivity index (χ0v) is 7.72. The standard InChI is InChI=1S/C9H6ClF2NO/c10-8-2-1-6(4-13)3-7(8)9(11,12)5-14/h1-3,14H,5H2. The van der Waals surface area contributed by atoms with Gasteiger partial charge in [-0.15, -0.1) is 0 Å². The molecule has 0 amide bonds. The highest BCUT2D eigenvalue weighted by Crippen LogP contribution is 2.33. The molecule has 5 heteroatoms. The van der Waals surface area contributed by atoms with Crippen LogP contribution in [0.2, 0.25) is 5.02 Å². The molecule has 1 aromatic carbocycles. The lowest BCUT2D eigenvalue weighted by Crippen LogP contribution is -2.19. The Labute approximate surface area is 84.3 Å². The first kappa shape index (κ1) is 10.9. The number of aliphatic hydroxyl groups excluding tert-OH is 1. The van der Waals surface area contributed by atoms with Gasteiger partial charge in [-0.05, 0) is 18.2 Å². The van der Waals surface area contributed by atoms with Crippen molar-refractivity contribution < 1.29 is 13.9 Å². The fraction of sp³-hybridized carbons (Fsp3) is 0.222. The lowest BCUT2D eigenvalue weighted by Gasteiger charge is -2.14. The molecule has 0 aliphatic heterocycles. The molecule has 0 saturated heterocycles. The van der Waals surface area contributed by atoms with Crippen LogP contribution in [0.5, 0.6) is 0 Å². The second-order valence-electron chi connectivity index (χ2n) is 2.67. The average molecular weight is 218 g/mol. The highest BCUT2D eigenvalue weighted by atomic mass is 35.5. The number of halogens is 3. The zero-order chi connectivity index (χ0) is 10.8. The highest BCUT2D eigenvalue weighted by molar-refractivity contribution is 6.31. The minimum Gasteiger partial charge on any atom is -0.390 e. The lowest BCUT2D eigenvalue weighted by atomic mass is 10.1. The van der Waals surface area contributed by atoms with Gasteiger partial charge in [0.15, 0.2) is 0 Å². The van der Waals surface area contributed by atoms with Crippen LogP contribution >= 0.6 is 11.6 Å². The number of alkyl halides is 2. The van der Waals surface area contributed by atoms with Gasteiger partial charge in [0.05, 0.1) is 11.6 Å². The van der Waals surface area contributed by atoms with Crippen molar-refractivity contribution in [3.63, 3.8) is 0 Å². The number of hydrogen-bond donors (Lipinski definition) is 1. The molecule has 0 unspecified atom stereocenters. The van der Waals surface area contributed by atoms with Crippen LogP contribution in [-0.2, 0) is 5.92 Å². The summed E-state index contributed by atoms with van der Waals surface area (Å²) in [4.78, 5) is 0. The van der Waals surface area contributed by atoms with E-state index < -0.39 is 18.1 Å². The van der Waals surface area contributed by atoms with Crippen molar-refractivity contribution in [1.29, 1.82) is 5.26 Å². The van der Waals surface area contributed by atoms with Crippen molar-refractivity contribution >= 4 is 11.6 Å². The summed E-state index contributed by atoms with van der Waals surface area (Å²) in [7, 11) is 0. The van der Waals surface area contributed by atoms with Gasteiger partial charge >= 0.3 is 0 Å². The van der Waals surface area contributed by atoms with Crippen molar-refractivity contribution in [3.8, 4) is 6.07 Å². The summed E-state index contributed by atoms with van der Waals surface area (Å²) in [5.41, 5.74) is -0.446. The predicted octanol–water partition coefficient (Wildman–Crippen LogP) is 2.30. The number of nitriles is 1. The second-order valence-corrected chi connectivity index (χ2v) is 3.08. The summed E-state index contributed by atoms with van der Waals surface area (Å²) >= 11 is 5.52. The van der Waals surface area contributed by atoms with Gasteiger partial charge in [-0.3, -0.25) is 0 Å². The van der Waals surface area contributed by atoms with Gasteiger partial charge in [-0.25, -0.2) is 0 Å². The van der Waals surface area contributed by atoms with Crippen molar-refractivity contribution in [2.45, 2.75) is 5.92 Å². The third-order valence-electron chi connectivity index (χ3n) is 1.69. The molecule has 1 rings (SSSR count). The third-order valence-corrected chi connectivity index (χ3v) is 2.02. The Kier molecular flexibility index (Phi) is 3.04. The Bertz CT molecular complexity index is 387. The summed E-state index contributed by atoms with van der Waals surface area (Å²) in [5, 5.41) is 16.8. The monoisotopic (exact) mass is 217 g/mol. The molecule has 2 nitrogen and oxygen atoms in total. The SMILES string of the molecule is N#Cc1ccc(Cl)c(C(F)(F)CO)c1. The van der Waals surface area contributed by atoms with Crippen LogP contribution in [0.3, 0.4) is 0 Å². The van der Waals surface area contributed by atoms with E-state index in [0.29, 0.717) is 0 Å². The maximum Gasteiger partial charge on any atom is 0.297 e. The molecule has 0 spiro atoms. The molecule has 0 heterocycles. The maximum atomic E-state index is 13.0. The Morgan fingerprint density at radius 3 is 2.64 bits per heavy atom. The van der Waals surface area contributed by atoms with E-state index in [-0.39, 0.29) is 10.6 Å². The number of aliphatic hydroxyl groups is 1. The molecule has 0 aliphatic carbocycles. The van der Waals surface area contributed by atoms with Crippen LogP contribution in [0, 0.1) is 11.3 Å². The van der Waals surface area contributed by atoms with Crippen molar-refractivity contribution in [2.75, 3.05) is 6.61 Å². The van der Waals surface area contributed by atoms with Gasteiger partial charge in [-0.1, -0.05) is 11.6 Å². The van der Waals surface area contributed by atoms with Crippen molar-refractivity contribution in [2.24, 2.45) is 0 Å². The van der Waals surface area contributed by atoms with Crippen LogP contribution in [-0.4, -0.2) is 11.7 Å². The Morgan fingerprint density at radius 2 is 2.14 bits per heavy atom. The maximum absolute atomic E-state index is 13.0. The molecule has 1 aromatic rings. The Balaban J connectivity index is 3.27. The minimum absolute atomic E-state index is 0.0810. The summed E-state index contributed by atoms with van der Waals surface area (Å²) in [6.45, 7) is -1.33. The third kappa shape index (κ3) is 2.00. The van der Waals surface area contributed by atoms with Crippen LogP contribution in [0.4, 0.5) is 8.78 Å². The normalized spacial score (nSPS) is 11.1. The molecule has 0 saturated carbocycles. The van der Waals surface area contributed by atoms with E-state index >= 15 is 0 Å². The molecular weight excluding hydrogens is 212 g/mol. The molecule has 14 heavy (non-hydrogen) atoms. The average Bonchev–Trinajstić information content (AvgIpc) is 2.18. The number of hydrogen-bond acceptors (Lipinski definition) is 2. The van der Waals surface area contributed by atoms with E-state index in [9.17, 15) is 8.78 Å². The van der Waals surface area contributed by atoms with Crippen molar-refractivity contribution in [3.05, 3.63) is 34.3 Å². The topological polar surface area (TPSA) is 44.0 Å². The molecule has 0 atom stereocenters. The van der Waals surface area contributed by atoms with Crippen LogP contribution < -0.4 is 0 Å². The first-order valence-corrected chi connectivity index (χ1v) is 4.08. The summed E-state index contributed by atoms with van der Waals surface area (Å²) in [6, 6.07) is 5.23. The predicted molar refractivity (Wildman–Crippen MR) is 47.1 cm³/mol. The van der Waals surface area contributed by atoms with Crippen LogP contribution in [0.1, 0.15) is 11.1 Å². The van der Waals surface area contributed by atoms with Gasteiger partial charge in [0, 0.05) is 10.6 Å². The Morgan fingerprint density at radius 1 is 1.50 bits per heavy atom. The largest absolute Gasteiger partial charge is 0.390 e. The summed E-state index contributed by atoms with van der Waals surface area (Å²) < 4.78 is 26.0. The van der Waals surface area contributed by atoms with Gasteiger partial charge in [-0.2, -0.15) is 14.0 Å². The lowest BCUT2D eigenvalue weighted by molar-refractivity contribution is -0.0555. The molecule has 74 valence electrons. The molecular formula is C9H6ClF2NO. The smallest absolute Gasteiger partial charge is 0.297 e. The van der Waals surface area contributed by atoms with E-state index in [2.05, 4.69) is 0 Å². The molecule has 0 bridgehead atoms. The second kappa shape index (κ2) is 3.91. The number of rotatable bonds is 2. The Hall–Kier alpha value is -1.18. The van der Waals surface area contributed by atoms with Gasteiger partial charge in [0.25, 0.3) is 5.92 Å². The van der Waals surface area contributed by atoms with Crippen LogP contribution in [0.25, 0.3) is 0 Å². The summed E-state index contributed by atoms with van der Waals surface area (Å²) in [5.74, 6) is -3.41. The number of benzene rings is 1. The molecule has 1 N–H and O–H groups in total. The fourth-order valence-corrected chi connectivity index (χ4v) is 1.22. The van der Waals surface area contributed by atoms with E-state index in [4.69, 9.17) is 22.0 Å².